The number of halogens is 3. The second-order valence-corrected chi connectivity index (χ2v) is 6.04. The molecule has 30 heavy (non-hydrogen) atoms. The molecule has 3 aromatic rings. The summed E-state index contributed by atoms with van der Waals surface area (Å²) in [5.74, 6) is -0.376. The van der Waals surface area contributed by atoms with Crippen molar-refractivity contribution >= 4 is 5.97 Å². The van der Waals surface area contributed by atoms with E-state index in [2.05, 4.69) is 14.9 Å². The van der Waals surface area contributed by atoms with E-state index in [9.17, 15) is 18.0 Å². The molecule has 0 fully saturated rings. The summed E-state index contributed by atoms with van der Waals surface area (Å²) in [5, 5.41) is 3.80. The van der Waals surface area contributed by atoms with Gasteiger partial charge in [-0.15, -0.1) is 0 Å². The highest BCUT2D eigenvalue weighted by atomic mass is 19.3. The molecule has 0 aliphatic heterocycles. The Hall–Kier alpha value is -3.56. The van der Waals surface area contributed by atoms with Crippen LogP contribution >= 0.6 is 0 Å². The molecule has 3 rings (SSSR count). The number of hydrogen-bond donors (Lipinski definition) is 0. The van der Waals surface area contributed by atoms with Gasteiger partial charge in [-0.2, -0.15) is 13.8 Å². The number of methoxy groups -OCH3 is 1. The van der Waals surface area contributed by atoms with Crippen LogP contribution in [0.5, 0.6) is 11.5 Å². The summed E-state index contributed by atoms with van der Waals surface area (Å²) in [4.78, 5) is 16.1. The summed E-state index contributed by atoms with van der Waals surface area (Å²) in [6.07, 6.45) is 0.159. The molecule has 0 bridgehead atoms. The largest absolute Gasteiger partial charge is 0.493 e. The van der Waals surface area contributed by atoms with Gasteiger partial charge in [-0.25, -0.2) is 4.39 Å². The van der Waals surface area contributed by atoms with Gasteiger partial charge in [0, 0.05) is 12.0 Å². The summed E-state index contributed by atoms with van der Waals surface area (Å²) < 4.78 is 57.2. The first-order chi connectivity index (χ1) is 14.4. The predicted molar refractivity (Wildman–Crippen MR) is 97.4 cm³/mol. The van der Waals surface area contributed by atoms with Gasteiger partial charge in [0.25, 0.3) is 0 Å². The summed E-state index contributed by atoms with van der Waals surface area (Å²) in [5.41, 5.74) is 1.13. The highest BCUT2D eigenvalue weighted by Crippen LogP contribution is 2.29. The maximum Gasteiger partial charge on any atom is 0.387 e. The summed E-state index contributed by atoms with van der Waals surface area (Å²) in [6, 6.07) is 9.84. The molecular formula is C20H17F3N2O5. The van der Waals surface area contributed by atoms with E-state index < -0.39 is 12.6 Å². The van der Waals surface area contributed by atoms with Gasteiger partial charge in [0.1, 0.15) is 12.4 Å². The minimum absolute atomic E-state index is 0.00520. The fourth-order valence-electron chi connectivity index (χ4n) is 2.51. The Morgan fingerprint density at radius 1 is 1.13 bits per heavy atom. The molecule has 0 saturated heterocycles. The van der Waals surface area contributed by atoms with Crippen LogP contribution < -0.4 is 9.47 Å². The van der Waals surface area contributed by atoms with Crippen LogP contribution in [0.25, 0.3) is 11.4 Å². The zero-order valence-corrected chi connectivity index (χ0v) is 15.8. The quantitative estimate of drug-likeness (QED) is 0.479. The van der Waals surface area contributed by atoms with Crippen molar-refractivity contribution in [3.8, 4) is 22.9 Å². The molecule has 0 saturated carbocycles. The fourth-order valence-corrected chi connectivity index (χ4v) is 2.51. The number of hydrogen-bond acceptors (Lipinski definition) is 7. The smallest absolute Gasteiger partial charge is 0.387 e. The van der Waals surface area contributed by atoms with Crippen LogP contribution in [0.1, 0.15) is 17.9 Å². The van der Waals surface area contributed by atoms with E-state index in [4.69, 9.17) is 14.0 Å². The molecule has 0 N–H and O–H groups in total. The molecule has 7 nitrogen and oxygen atoms in total. The Balaban J connectivity index is 1.50. The Morgan fingerprint density at radius 2 is 1.90 bits per heavy atom. The lowest BCUT2D eigenvalue weighted by Crippen LogP contribution is -2.07. The number of carbonyl (C=O) groups is 1. The van der Waals surface area contributed by atoms with E-state index in [0.717, 1.165) is 0 Å². The van der Waals surface area contributed by atoms with Crippen LogP contribution in [-0.2, 0) is 22.6 Å². The van der Waals surface area contributed by atoms with Crippen molar-refractivity contribution in [2.75, 3.05) is 7.11 Å². The van der Waals surface area contributed by atoms with Crippen LogP contribution in [-0.4, -0.2) is 29.8 Å². The molecule has 1 heterocycles. The van der Waals surface area contributed by atoms with Crippen molar-refractivity contribution in [1.29, 1.82) is 0 Å². The first-order valence-corrected chi connectivity index (χ1v) is 8.80. The second kappa shape index (κ2) is 9.77. The monoisotopic (exact) mass is 422 g/mol. The third-order valence-electron chi connectivity index (χ3n) is 3.96. The molecule has 2 aromatic carbocycles. The number of aryl methyl sites for hydroxylation is 1. The fraction of sp³-hybridized carbons (Fsp3) is 0.250. The van der Waals surface area contributed by atoms with Crippen molar-refractivity contribution < 1.29 is 36.7 Å². The molecule has 1 aromatic heterocycles. The van der Waals surface area contributed by atoms with Gasteiger partial charge < -0.3 is 18.7 Å². The minimum atomic E-state index is -2.98. The Kier molecular flexibility index (Phi) is 6.89. The normalized spacial score (nSPS) is 10.8. The van der Waals surface area contributed by atoms with Crippen molar-refractivity contribution in [2.24, 2.45) is 0 Å². The minimum Gasteiger partial charge on any atom is -0.493 e. The number of alkyl halides is 2. The molecule has 0 spiro atoms. The molecule has 0 atom stereocenters. The second-order valence-electron chi connectivity index (χ2n) is 6.04. The maximum atomic E-state index is 13.0. The number of benzene rings is 2. The van der Waals surface area contributed by atoms with Crippen molar-refractivity contribution in [3.05, 3.63) is 59.7 Å². The zero-order valence-electron chi connectivity index (χ0n) is 15.8. The average molecular weight is 422 g/mol. The highest BCUT2D eigenvalue weighted by Gasteiger charge is 2.14. The number of rotatable bonds is 9. The molecule has 0 radical (unpaired) electrons. The maximum absolute atomic E-state index is 13.0. The lowest BCUT2D eigenvalue weighted by Gasteiger charge is -2.11. The van der Waals surface area contributed by atoms with Gasteiger partial charge in [-0.1, -0.05) is 11.2 Å². The summed E-state index contributed by atoms with van der Waals surface area (Å²) in [7, 11) is 1.31. The van der Waals surface area contributed by atoms with Crippen LogP contribution in [0.2, 0.25) is 0 Å². The summed E-state index contributed by atoms with van der Waals surface area (Å²) >= 11 is 0. The molecule has 0 unspecified atom stereocenters. The van der Waals surface area contributed by atoms with E-state index in [1.165, 1.54) is 49.6 Å². The van der Waals surface area contributed by atoms with Crippen LogP contribution in [0.15, 0.2) is 47.0 Å². The number of aromatic nitrogens is 2. The van der Waals surface area contributed by atoms with E-state index in [1.54, 1.807) is 0 Å². The topological polar surface area (TPSA) is 83.7 Å². The molecule has 10 heteroatoms. The van der Waals surface area contributed by atoms with E-state index in [0.29, 0.717) is 11.1 Å². The number of esters is 1. The van der Waals surface area contributed by atoms with E-state index in [1.807, 2.05) is 0 Å². The van der Waals surface area contributed by atoms with Crippen molar-refractivity contribution in [1.82, 2.24) is 10.1 Å². The number of carbonyl (C=O) groups excluding carboxylic acids is 1. The van der Waals surface area contributed by atoms with E-state index >= 15 is 0 Å². The van der Waals surface area contributed by atoms with Crippen LogP contribution in [0, 0.1) is 5.82 Å². The molecule has 0 aliphatic carbocycles. The molecule has 0 aliphatic rings. The van der Waals surface area contributed by atoms with Gasteiger partial charge in [-0.3, -0.25) is 4.79 Å². The lowest BCUT2D eigenvalue weighted by atomic mass is 10.2. The molecule has 0 amide bonds. The number of ether oxygens (including phenoxy) is 3. The zero-order chi connectivity index (χ0) is 21.5. The van der Waals surface area contributed by atoms with Gasteiger partial charge in [0.15, 0.2) is 11.5 Å². The standard InChI is InChI=1S/C20H17F3N2O5/c1-27-16-10-12(2-7-15(16)29-20(22)23)11-28-18(26)9-8-17-24-19(25-30-17)13-3-5-14(21)6-4-13/h2-7,10,20H,8-9,11H2,1H3. The first-order valence-electron chi connectivity index (χ1n) is 8.80. The number of nitrogens with zero attached hydrogens (tertiary/aromatic N) is 2. The molecular weight excluding hydrogens is 405 g/mol. The first kappa shape index (κ1) is 21.2. The van der Waals surface area contributed by atoms with Crippen LogP contribution in [0.3, 0.4) is 0 Å². The van der Waals surface area contributed by atoms with Crippen molar-refractivity contribution in [2.45, 2.75) is 26.1 Å². The summed E-state index contributed by atoms with van der Waals surface area (Å²) in [6.45, 7) is -3.05. The van der Waals surface area contributed by atoms with Gasteiger partial charge >= 0.3 is 12.6 Å². The van der Waals surface area contributed by atoms with E-state index in [-0.39, 0.29) is 48.5 Å². The average Bonchev–Trinajstić information content (AvgIpc) is 3.20. The van der Waals surface area contributed by atoms with Crippen molar-refractivity contribution in [3.63, 3.8) is 0 Å². The van der Waals surface area contributed by atoms with Gasteiger partial charge in [-0.05, 0) is 42.0 Å². The Bertz CT molecular complexity index is 992. The van der Waals surface area contributed by atoms with Gasteiger partial charge in [0.2, 0.25) is 11.7 Å². The lowest BCUT2D eigenvalue weighted by molar-refractivity contribution is -0.145. The third kappa shape index (κ3) is 5.72. The predicted octanol–water partition coefficient (Wildman–Crippen LogP) is 4.16. The van der Waals surface area contributed by atoms with Gasteiger partial charge in [0.05, 0.1) is 13.5 Å². The highest BCUT2D eigenvalue weighted by molar-refractivity contribution is 5.69. The third-order valence-corrected chi connectivity index (χ3v) is 3.96. The Labute approximate surface area is 169 Å². The van der Waals surface area contributed by atoms with Crippen LogP contribution in [0.4, 0.5) is 13.2 Å². The Morgan fingerprint density at radius 3 is 2.60 bits per heavy atom. The molecule has 158 valence electrons. The SMILES string of the molecule is COc1cc(COC(=O)CCc2nc(-c3ccc(F)cc3)no2)ccc1OC(F)F.